The molecule has 1 aliphatic heterocycles. The molecule has 2 nitrogen and oxygen atoms in total. The summed E-state index contributed by atoms with van der Waals surface area (Å²) in [5, 5.41) is 0. The van der Waals surface area contributed by atoms with E-state index >= 15 is 0 Å². The highest BCUT2D eigenvalue weighted by atomic mass is 16.5. The van der Waals surface area contributed by atoms with Crippen LogP contribution in [0.3, 0.4) is 0 Å². The first kappa shape index (κ1) is 14.1. The lowest BCUT2D eigenvalue weighted by atomic mass is 10.0. The second kappa shape index (κ2) is 7.32. The van der Waals surface area contributed by atoms with Crippen LogP contribution in [0.15, 0.2) is 35.3 Å². The van der Waals surface area contributed by atoms with Crippen LogP contribution < -0.4 is 0 Å². The summed E-state index contributed by atoms with van der Waals surface area (Å²) in [7, 11) is 0. The Morgan fingerprint density at radius 3 is 2.37 bits per heavy atom. The molecule has 1 aliphatic rings. The van der Waals surface area contributed by atoms with Gasteiger partial charge in [-0.05, 0) is 31.4 Å². The van der Waals surface area contributed by atoms with Gasteiger partial charge in [-0.2, -0.15) is 0 Å². The normalized spacial score (nSPS) is 22.1. The average molecular weight is 259 g/mol. The topological polar surface area (TPSA) is 21.6 Å². The molecule has 19 heavy (non-hydrogen) atoms. The van der Waals surface area contributed by atoms with Gasteiger partial charge in [-0.25, -0.2) is 4.99 Å². The number of benzene rings is 1. The number of hydrogen-bond acceptors (Lipinski definition) is 2. The summed E-state index contributed by atoms with van der Waals surface area (Å²) in [6.45, 7) is 4.47. The molecule has 0 spiro atoms. The second-order valence-electron chi connectivity index (χ2n) is 5.31. The Hall–Kier alpha value is -1.31. The molecule has 0 bridgehead atoms. The molecule has 0 aromatic heterocycles. The molecule has 2 atom stereocenters. The quantitative estimate of drug-likeness (QED) is 0.702. The fourth-order valence-corrected chi connectivity index (χ4v) is 2.53. The highest BCUT2D eigenvalue weighted by Crippen LogP contribution is 2.25. The molecule has 0 amide bonds. The number of nitrogens with zero attached hydrogens (tertiary/aromatic N) is 1. The van der Waals surface area contributed by atoms with E-state index in [9.17, 15) is 0 Å². The summed E-state index contributed by atoms with van der Waals surface area (Å²) in [5.74, 6) is 0.850. The largest absolute Gasteiger partial charge is 0.472 e. The highest BCUT2D eigenvalue weighted by Gasteiger charge is 2.30. The molecule has 104 valence electrons. The smallest absolute Gasteiger partial charge is 0.216 e. The first-order valence-electron chi connectivity index (χ1n) is 7.65. The first-order valence-corrected chi connectivity index (χ1v) is 7.65. The minimum absolute atomic E-state index is 0.293. The second-order valence-corrected chi connectivity index (χ2v) is 5.31. The highest BCUT2D eigenvalue weighted by molar-refractivity contribution is 5.95. The van der Waals surface area contributed by atoms with E-state index in [2.05, 4.69) is 26.0 Å². The van der Waals surface area contributed by atoms with Gasteiger partial charge in [0, 0.05) is 5.56 Å². The van der Waals surface area contributed by atoms with Crippen molar-refractivity contribution in [3.8, 4) is 0 Å². The van der Waals surface area contributed by atoms with Gasteiger partial charge in [0.2, 0.25) is 5.90 Å². The molecule has 0 saturated carbocycles. The predicted molar refractivity (Wildman–Crippen MR) is 80.7 cm³/mol. The van der Waals surface area contributed by atoms with Gasteiger partial charge >= 0.3 is 0 Å². The zero-order valence-corrected chi connectivity index (χ0v) is 12.1. The minimum atomic E-state index is 0.293. The minimum Gasteiger partial charge on any atom is -0.472 e. The van der Waals surface area contributed by atoms with E-state index in [1.54, 1.807) is 0 Å². The van der Waals surface area contributed by atoms with Crippen molar-refractivity contribution in [1.82, 2.24) is 0 Å². The van der Waals surface area contributed by atoms with Crippen molar-refractivity contribution in [2.45, 2.75) is 64.5 Å². The van der Waals surface area contributed by atoms with Crippen LogP contribution in [-0.2, 0) is 4.74 Å². The lowest BCUT2D eigenvalue weighted by Gasteiger charge is -2.17. The monoisotopic (exact) mass is 259 g/mol. The Morgan fingerprint density at radius 2 is 1.68 bits per heavy atom. The van der Waals surface area contributed by atoms with E-state index in [1.807, 2.05) is 18.2 Å². The summed E-state index contributed by atoms with van der Waals surface area (Å²) in [6, 6.07) is 10.6. The van der Waals surface area contributed by atoms with Crippen LogP contribution in [0, 0.1) is 0 Å². The molecular formula is C17H25NO. The van der Waals surface area contributed by atoms with Crippen molar-refractivity contribution < 1.29 is 4.74 Å². The Labute approximate surface area is 116 Å². The number of ether oxygens (including phenoxy) is 1. The van der Waals surface area contributed by atoms with Crippen LogP contribution in [0.5, 0.6) is 0 Å². The molecule has 1 heterocycles. The Morgan fingerprint density at radius 1 is 1.00 bits per heavy atom. The lowest BCUT2D eigenvalue weighted by molar-refractivity contribution is 0.173. The molecular weight excluding hydrogens is 234 g/mol. The summed E-state index contributed by atoms with van der Waals surface area (Å²) < 4.78 is 6.11. The third kappa shape index (κ3) is 3.82. The maximum Gasteiger partial charge on any atom is 0.216 e. The average Bonchev–Trinajstić information content (AvgIpc) is 2.87. The van der Waals surface area contributed by atoms with Crippen molar-refractivity contribution >= 4 is 5.90 Å². The van der Waals surface area contributed by atoms with Gasteiger partial charge < -0.3 is 4.74 Å². The molecule has 0 radical (unpaired) electrons. The van der Waals surface area contributed by atoms with E-state index in [0.29, 0.717) is 12.1 Å². The van der Waals surface area contributed by atoms with Crippen LogP contribution >= 0.6 is 0 Å². The van der Waals surface area contributed by atoms with E-state index in [1.165, 1.54) is 25.7 Å². The summed E-state index contributed by atoms with van der Waals surface area (Å²) in [5.41, 5.74) is 1.11. The van der Waals surface area contributed by atoms with Gasteiger partial charge in [0.1, 0.15) is 6.10 Å². The zero-order chi connectivity index (χ0) is 13.5. The Bertz CT molecular complexity index is 399. The van der Waals surface area contributed by atoms with Crippen molar-refractivity contribution in [3.63, 3.8) is 0 Å². The third-order valence-electron chi connectivity index (χ3n) is 3.69. The Kier molecular flexibility index (Phi) is 5.44. The van der Waals surface area contributed by atoms with Crippen LogP contribution in [0.25, 0.3) is 0 Å². The zero-order valence-electron chi connectivity index (χ0n) is 12.1. The van der Waals surface area contributed by atoms with Gasteiger partial charge in [0.15, 0.2) is 0 Å². The van der Waals surface area contributed by atoms with Crippen molar-refractivity contribution in [2.75, 3.05) is 0 Å². The molecule has 0 N–H and O–H groups in total. The fourth-order valence-electron chi connectivity index (χ4n) is 2.53. The number of aliphatic imine (C=N–C) groups is 1. The Balaban J connectivity index is 2.05. The first-order chi connectivity index (χ1) is 9.35. The molecule has 0 unspecified atom stereocenters. The predicted octanol–water partition coefficient (Wildman–Crippen LogP) is 4.58. The van der Waals surface area contributed by atoms with Gasteiger partial charge in [0.05, 0.1) is 6.04 Å². The van der Waals surface area contributed by atoms with E-state index < -0.39 is 0 Å². The third-order valence-corrected chi connectivity index (χ3v) is 3.69. The molecule has 1 aromatic carbocycles. The van der Waals surface area contributed by atoms with Gasteiger partial charge in [0.25, 0.3) is 0 Å². The number of unbranched alkanes of at least 4 members (excludes halogenated alkanes) is 2. The molecule has 1 aromatic rings. The standard InChI is InChI=1S/C17H25NO/c1-3-5-12-15-16(13-6-4-2)19-17(18-15)14-10-8-7-9-11-14/h7-11,15-16H,3-6,12-13H2,1-2H3/t15-,16+/m1/s1. The summed E-state index contributed by atoms with van der Waals surface area (Å²) >= 11 is 0. The molecule has 0 fully saturated rings. The van der Waals surface area contributed by atoms with Gasteiger partial charge in [-0.15, -0.1) is 0 Å². The van der Waals surface area contributed by atoms with Crippen LogP contribution in [0.4, 0.5) is 0 Å². The van der Waals surface area contributed by atoms with Gasteiger partial charge in [-0.3, -0.25) is 0 Å². The maximum atomic E-state index is 6.11. The summed E-state index contributed by atoms with van der Waals surface area (Å²) in [4.78, 5) is 4.82. The molecule has 2 rings (SSSR count). The molecule has 0 aliphatic carbocycles. The maximum absolute atomic E-state index is 6.11. The van der Waals surface area contributed by atoms with E-state index in [0.717, 1.165) is 24.3 Å². The number of rotatable bonds is 7. The van der Waals surface area contributed by atoms with Crippen molar-refractivity contribution in [2.24, 2.45) is 4.99 Å². The lowest BCUT2D eigenvalue weighted by Crippen LogP contribution is -2.22. The van der Waals surface area contributed by atoms with Crippen LogP contribution in [0.2, 0.25) is 0 Å². The SMILES string of the molecule is CCCC[C@@H]1OC(c2ccccc2)=N[C@@H]1CCCC. The molecule has 2 heteroatoms. The van der Waals surface area contributed by atoms with E-state index in [-0.39, 0.29) is 0 Å². The van der Waals surface area contributed by atoms with E-state index in [4.69, 9.17) is 9.73 Å². The number of hydrogen-bond donors (Lipinski definition) is 0. The van der Waals surface area contributed by atoms with Crippen LogP contribution in [0.1, 0.15) is 57.9 Å². The van der Waals surface area contributed by atoms with Crippen molar-refractivity contribution in [1.29, 1.82) is 0 Å². The van der Waals surface area contributed by atoms with Gasteiger partial charge in [-0.1, -0.05) is 51.3 Å². The fraction of sp³-hybridized carbons (Fsp3) is 0.588. The van der Waals surface area contributed by atoms with Crippen molar-refractivity contribution in [3.05, 3.63) is 35.9 Å². The molecule has 0 saturated heterocycles. The van der Waals surface area contributed by atoms with Crippen LogP contribution in [-0.4, -0.2) is 18.0 Å². The summed E-state index contributed by atoms with van der Waals surface area (Å²) in [6.07, 6.45) is 7.49.